The zero-order chi connectivity index (χ0) is 21.8. The van der Waals surface area contributed by atoms with E-state index in [1.807, 2.05) is 30.3 Å². The van der Waals surface area contributed by atoms with Crippen LogP contribution in [0.5, 0.6) is 0 Å². The number of hydrogen-bond acceptors (Lipinski definition) is 5. The Morgan fingerprint density at radius 1 is 1.10 bits per heavy atom. The van der Waals surface area contributed by atoms with Gasteiger partial charge in [0.2, 0.25) is 12.4 Å². The summed E-state index contributed by atoms with van der Waals surface area (Å²) in [5.41, 5.74) is 2.75. The van der Waals surface area contributed by atoms with Gasteiger partial charge in [-0.1, -0.05) is 41.4 Å². The van der Waals surface area contributed by atoms with Crippen molar-refractivity contribution in [3.05, 3.63) is 70.3 Å². The molecule has 9 heteroatoms. The predicted molar refractivity (Wildman–Crippen MR) is 121 cm³/mol. The Balaban J connectivity index is 1.32. The first kappa shape index (κ1) is 21.1. The van der Waals surface area contributed by atoms with Gasteiger partial charge in [-0.2, -0.15) is 0 Å². The first-order valence-electron chi connectivity index (χ1n) is 9.66. The minimum Gasteiger partial charge on any atom is -0.354 e. The van der Waals surface area contributed by atoms with Crippen LogP contribution < -0.4 is 10.6 Å². The molecule has 1 fully saturated rings. The third kappa shape index (κ3) is 4.78. The van der Waals surface area contributed by atoms with E-state index in [0.717, 1.165) is 11.3 Å². The summed E-state index contributed by atoms with van der Waals surface area (Å²) in [5, 5.41) is 6.56. The van der Waals surface area contributed by atoms with Crippen molar-refractivity contribution in [3.8, 4) is 11.3 Å². The van der Waals surface area contributed by atoms with E-state index in [-0.39, 0.29) is 11.8 Å². The summed E-state index contributed by atoms with van der Waals surface area (Å²) in [6, 6.07) is 14.3. The molecule has 2 amide bonds. The monoisotopic (exact) mass is 455 g/mol. The van der Waals surface area contributed by atoms with Crippen LogP contribution in [0, 0.1) is 5.92 Å². The average molecular weight is 456 g/mol. The van der Waals surface area contributed by atoms with E-state index in [0.29, 0.717) is 53.3 Å². The lowest BCUT2D eigenvalue weighted by Gasteiger charge is -2.39. The van der Waals surface area contributed by atoms with Crippen molar-refractivity contribution >= 4 is 47.2 Å². The normalized spacial score (nSPS) is 13.4. The van der Waals surface area contributed by atoms with E-state index in [2.05, 4.69) is 20.6 Å². The van der Waals surface area contributed by atoms with Crippen molar-refractivity contribution in [1.29, 1.82) is 0 Å². The number of nitrogens with one attached hydrogen (secondary N) is 2. The van der Waals surface area contributed by atoms with Gasteiger partial charge in [-0.25, -0.2) is 9.97 Å². The molecule has 0 saturated carbocycles. The van der Waals surface area contributed by atoms with Gasteiger partial charge in [-0.05, 0) is 30.3 Å². The van der Waals surface area contributed by atoms with Crippen LogP contribution in [-0.4, -0.2) is 46.8 Å². The molecular weight excluding hydrogens is 437 g/mol. The molecule has 0 unspecified atom stereocenters. The number of benzene rings is 2. The number of halogens is 2. The lowest BCUT2D eigenvalue weighted by atomic mass is 9.99. The molecule has 1 aliphatic rings. The Labute approximate surface area is 189 Å². The van der Waals surface area contributed by atoms with Crippen molar-refractivity contribution in [2.45, 2.75) is 0 Å². The number of anilines is 2. The Hall–Kier alpha value is -3.16. The summed E-state index contributed by atoms with van der Waals surface area (Å²) >= 11 is 12.3. The number of carbonyl (C=O) groups excluding carboxylic acids is 2. The van der Waals surface area contributed by atoms with Crippen molar-refractivity contribution in [2.24, 2.45) is 5.92 Å². The molecule has 2 heterocycles. The highest BCUT2D eigenvalue weighted by atomic mass is 35.5. The topological polar surface area (TPSA) is 87.2 Å². The summed E-state index contributed by atoms with van der Waals surface area (Å²) in [6.45, 7) is 1.86. The minimum absolute atomic E-state index is 0.155. The molecule has 2 aromatic carbocycles. The van der Waals surface area contributed by atoms with Gasteiger partial charge >= 0.3 is 0 Å². The smallest absolute Gasteiger partial charge is 0.256 e. The molecule has 0 atom stereocenters. The zero-order valence-electron chi connectivity index (χ0n) is 16.4. The van der Waals surface area contributed by atoms with Crippen molar-refractivity contribution in [1.82, 2.24) is 14.9 Å². The molecule has 0 radical (unpaired) electrons. The molecule has 31 heavy (non-hydrogen) atoms. The molecule has 4 rings (SSSR count). The summed E-state index contributed by atoms with van der Waals surface area (Å²) in [5.74, 6) is 0.648. The van der Waals surface area contributed by atoms with E-state index in [1.54, 1.807) is 29.3 Å². The third-order valence-corrected chi connectivity index (χ3v) is 5.66. The quantitative estimate of drug-likeness (QED) is 0.521. The van der Waals surface area contributed by atoms with Gasteiger partial charge in [0, 0.05) is 43.0 Å². The average Bonchev–Trinajstić information content (AvgIpc) is 2.73. The van der Waals surface area contributed by atoms with Crippen LogP contribution in [0.3, 0.4) is 0 Å². The Morgan fingerprint density at radius 3 is 2.48 bits per heavy atom. The van der Waals surface area contributed by atoms with Crippen molar-refractivity contribution < 1.29 is 9.59 Å². The van der Waals surface area contributed by atoms with Crippen LogP contribution in [0.1, 0.15) is 10.4 Å². The molecule has 0 spiro atoms. The minimum atomic E-state index is -0.155. The van der Waals surface area contributed by atoms with Gasteiger partial charge in [-0.3, -0.25) is 9.59 Å². The first-order chi connectivity index (χ1) is 15.0. The predicted octanol–water partition coefficient (Wildman–Crippen LogP) is 4.20. The molecule has 1 aliphatic heterocycles. The second-order valence-corrected chi connectivity index (χ2v) is 7.97. The summed E-state index contributed by atoms with van der Waals surface area (Å²) < 4.78 is 0. The number of aromatic nitrogens is 2. The van der Waals surface area contributed by atoms with Crippen LogP contribution in [0.4, 0.5) is 11.6 Å². The SMILES string of the molecule is O=CNc1ccc(-c2ccnc(NCC3CN(C(=O)c4c(Cl)cccc4Cl)C3)n2)cc1. The van der Waals surface area contributed by atoms with Crippen LogP contribution in [-0.2, 0) is 4.79 Å². The second kappa shape index (κ2) is 9.32. The van der Waals surface area contributed by atoms with E-state index in [4.69, 9.17) is 23.2 Å². The molecule has 158 valence electrons. The molecule has 3 aromatic rings. The van der Waals surface area contributed by atoms with Crippen LogP contribution >= 0.6 is 23.2 Å². The highest BCUT2D eigenvalue weighted by molar-refractivity contribution is 6.39. The fourth-order valence-corrected chi connectivity index (χ4v) is 3.93. The number of rotatable bonds is 7. The zero-order valence-corrected chi connectivity index (χ0v) is 17.9. The van der Waals surface area contributed by atoms with Gasteiger partial charge < -0.3 is 15.5 Å². The van der Waals surface area contributed by atoms with Gasteiger partial charge in [-0.15, -0.1) is 0 Å². The van der Waals surface area contributed by atoms with E-state index >= 15 is 0 Å². The fraction of sp³-hybridized carbons (Fsp3) is 0.182. The van der Waals surface area contributed by atoms with Gasteiger partial charge in [0.15, 0.2) is 0 Å². The van der Waals surface area contributed by atoms with Gasteiger partial charge in [0.05, 0.1) is 21.3 Å². The van der Waals surface area contributed by atoms with E-state index in [9.17, 15) is 9.59 Å². The second-order valence-electron chi connectivity index (χ2n) is 7.16. The van der Waals surface area contributed by atoms with Crippen LogP contribution in [0.25, 0.3) is 11.3 Å². The molecular formula is C22H19Cl2N5O2. The van der Waals surface area contributed by atoms with E-state index in [1.165, 1.54) is 0 Å². The van der Waals surface area contributed by atoms with Crippen molar-refractivity contribution in [2.75, 3.05) is 30.3 Å². The maximum Gasteiger partial charge on any atom is 0.256 e. The lowest BCUT2D eigenvalue weighted by molar-refractivity contribution is -0.105. The van der Waals surface area contributed by atoms with E-state index < -0.39 is 0 Å². The first-order valence-corrected chi connectivity index (χ1v) is 10.4. The highest BCUT2D eigenvalue weighted by Gasteiger charge is 2.32. The standard InChI is InChI=1S/C22H19Cl2N5O2/c23-17-2-1-3-18(24)20(17)21(31)29-11-14(12-29)10-26-22-25-9-8-19(28-22)15-4-6-16(7-5-15)27-13-30/h1-9,13-14H,10-12H2,(H,27,30)(H,25,26,28). The summed E-state index contributed by atoms with van der Waals surface area (Å²) in [4.78, 5) is 33.7. The molecule has 1 saturated heterocycles. The largest absolute Gasteiger partial charge is 0.354 e. The summed E-state index contributed by atoms with van der Waals surface area (Å²) in [7, 11) is 0. The van der Waals surface area contributed by atoms with Gasteiger partial charge in [0.25, 0.3) is 5.91 Å². The molecule has 0 bridgehead atoms. The number of likely N-dealkylation sites (tertiary alicyclic amines) is 1. The number of amides is 2. The molecule has 7 nitrogen and oxygen atoms in total. The van der Waals surface area contributed by atoms with Crippen molar-refractivity contribution in [3.63, 3.8) is 0 Å². The fourth-order valence-electron chi connectivity index (χ4n) is 3.37. The maximum absolute atomic E-state index is 12.6. The number of carbonyl (C=O) groups is 2. The Morgan fingerprint density at radius 2 is 1.81 bits per heavy atom. The number of nitrogens with zero attached hydrogens (tertiary/aromatic N) is 3. The molecule has 1 aromatic heterocycles. The van der Waals surface area contributed by atoms with Crippen LogP contribution in [0.2, 0.25) is 10.0 Å². The summed E-state index contributed by atoms with van der Waals surface area (Å²) in [6.07, 6.45) is 2.33. The Bertz CT molecular complexity index is 1080. The highest BCUT2D eigenvalue weighted by Crippen LogP contribution is 2.28. The molecule has 2 N–H and O–H groups in total. The lowest BCUT2D eigenvalue weighted by Crippen LogP contribution is -2.52. The van der Waals surface area contributed by atoms with Gasteiger partial charge in [0.1, 0.15) is 0 Å². The molecule has 0 aliphatic carbocycles. The third-order valence-electron chi connectivity index (χ3n) is 5.03. The number of hydrogen-bond donors (Lipinski definition) is 2. The maximum atomic E-state index is 12.6. The van der Waals surface area contributed by atoms with Crippen LogP contribution in [0.15, 0.2) is 54.7 Å². The Kier molecular flexibility index (Phi) is 6.34.